The number of nitrogens with one attached hydrogen (secondary N) is 1. The van der Waals surface area contributed by atoms with Crippen molar-refractivity contribution in [1.29, 1.82) is 0 Å². The zero-order valence-corrected chi connectivity index (χ0v) is 19.1. The Hall–Kier alpha value is -2.59. The van der Waals surface area contributed by atoms with Crippen molar-refractivity contribution in [3.05, 3.63) is 46.9 Å². The molecule has 1 aromatic carbocycles. The van der Waals surface area contributed by atoms with E-state index in [-0.39, 0.29) is 52.9 Å². The smallest absolute Gasteiger partial charge is 0.248 e. The summed E-state index contributed by atoms with van der Waals surface area (Å²) in [6.45, 7) is 5.82. The Labute approximate surface area is 186 Å². The second kappa shape index (κ2) is 9.91. The highest BCUT2D eigenvalue weighted by atomic mass is 32.2. The maximum atomic E-state index is 13.9. The van der Waals surface area contributed by atoms with E-state index in [9.17, 15) is 22.0 Å². The van der Waals surface area contributed by atoms with E-state index in [0.717, 1.165) is 18.6 Å². The molecule has 0 unspecified atom stereocenters. The molecule has 1 amide bonds. The van der Waals surface area contributed by atoms with Gasteiger partial charge in [-0.25, -0.2) is 17.2 Å². The van der Waals surface area contributed by atoms with E-state index in [1.54, 1.807) is 0 Å². The molecule has 0 bridgehead atoms. The average Bonchev–Trinajstić information content (AvgIpc) is 3.14. The van der Waals surface area contributed by atoms with Crippen molar-refractivity contribution in [1.82, 2.24) is 14.8 Å². The van der Waals surface area contributed by atoms with Crippen LogP contribution in [0, 0.1) is 24.5 Å². The molecule has 1 atom stereocenters. The molecule has 2 heterocycles. The van der Waals surface area contributed by atoms with Crippen LogP contribution in [-0.4, -0.2) is 42.9 Å². The molecule has 1 aliphatic heterocycles. The number of hydrogen-bond acceptors (Lipinski definition) is 5. The first-order valence-corrected chi connectivity index (χ1v) is 12.0. The summed E-state index contributed by atoms with van der Waals surface area (Å²) in [5.41, 5.74) is 0.262. The lowest BCUT2D eigenvalue weighted by Gasteiger charge is -2.31. The van der Waals surface area contributed by atoms with Crippen molar-refractivity contribution in [3.63, 3.8) is 0 Å². The number of hydrogen-bond donors (Lipinski definition) is 1. The normalized spacial score (nSPS) is 17.0. The van der Waals surface area contributed by atoms with Gasteiger partial charge in [-0.2, -0.15) is 4.31 Å². The summed E-state index contributed by atoms with van der Waals surface area (Å²) in [4.78, 5) is 12.3. The van der Waals surface area contributed by atoms with Gasteiger partial charge in [-0.15, -0.1) is 0 Å². The number of rotatable bonds is 7. The van der Waals surface area contributed by atoms with Crippen LogP contribution in [0.1, 0.15) is 50.1 Å². The molecule has 1 aliphatic rings. The number of carbonyl (C=O) groups is 1. The van der Waals surface area contributed by atoms with Crippen LogP contribution in [0.25, 0.3) is 12.2 Å². The Morgan fingerprint density at radius 1 is 1.31 bits per heavy atom. The SMILES string of the molecule is CC[C@@H](C)NC(=O)C1CCN(S(=O)(=O)c2c(C)noc2/C=C/c2ccc(F)cc2F)CC1. The zero-order valence-electron chi connectivity index (χ0n) is 18.3. The molecule has 7 nitrogen and oxygen atoms in total. The third kappa shape index (κ3) is 5.24. The van der Waals surface area contributed by atoms with Crippen molar-refractivity contribution in [3.8, 4) is 0 Å². The van der Waals surface area contributed by atoms with Crippen molar-refractivity contribution in [2.24, 2.45) is 5.92 Å². The van der Waals surface area contributed by atoms with Crippen LogP contribution < -0.4 is 5.32 Å². The standard InChI is InChI=1S/C22H27F2N3O4S/c1-4-14(2)25-22(28)17-9-11-27(12-10-17)32(29,30)21-15(3)26-31-20(21)8-6-16-5-7-18(23)13-19(16)24/h5-8,13-14,17H,4,9-12H2,1-3H3,(H,25,28)/b8-6+/t14-/m1/s1. The third-order valence-electron chi connectivity index (χ3n) is 5.63. The molecule has 1 fully saturated rings. The summed E-state index contributed by atoms with van der Waals surface area (Å²) in [6, 6.07) is 3.16. The fraction of sp³-hybridized carbons (Fsp3) is 0.455. The van der Waals surface area contributed by atoms with Crippen LogP contribution in [-0.2, 0) is 14.8 Å². The first kappa shape index (κ1) is 24.1. The van der Waals surface area contributed by atoms with Gasteiger partial charge in [0.05, 0.1) is 0 Å². The monoisotopic (exact) mass is 467 g/mol. The second-order valence-electron chi connectivity index (χ2n) is 7.96. The zero-order chi connectivity index (χ0) is 23.5. The van der Waals surface area contributed by atoms with Crippen LogP contribution in [0.2, 0.25) is 0 Å². The molecule has 10 heteroatoms. The number of piperidine rings is 1. The van der Waals surface area contributed by atoms with Gasteiger partial charge >= 0.3 is 0 Å². The highest BCUT2D eigenvalue weighted by Gasteiger charge is 2.36. The van der Waals surface area contributed by atoms with E-state index in [0.29, 0.717) is 12.8 Å². The van der Waals surface area contributed by atoms with Gasteiger partial charge in [0.15, 0.2) is 10.7 Å². The topological polar surface area (TPSA) is 92.5 Å². The Morgan fingerprint density at radius 3 is 2.62 bits per heavy atom. The molecule has 174 valence electrons. The van der Waals surface area contributed by atoms with Gasteiger partial charge in [-0.1, -0.05) is 12.1 Å². The summed E-state index contributed by atoms with van der Waals surface area (Å²) in [5.74, 6) is -1.82. The molecule has 0 saturated carbocycles. The summed E-state index contributed by atoms with van der Waals surface area (Å²) in [7, 11) is -3.94. The quantitative estimate of drug-likeness (QED) is 0.670. The molecular formula is C22H27F2N3O4S. The molecule has 1 saturated heterocycles. The van der Waals surface area contributed by atoms with E-state index in [4.69, 9.17) is 4.52 Å². The molecule has 0 spiro atoms. The van der Waals surface area contributed by atoms with Crippen LogP contribution >= 0.6 is 0 Å². The minimum atomic E-state index is -3.94. The van der Waals surface area contributed by atoms with E-state index >= 15 is 0 Å². The minimum absolute atomic E-state index is 0.0390. The van der Waals surface area contributed by atoms with Gasteiger partial charge < -0.3 is 9.84 Å². The highest BCUT2D eigenvalue weighted by Crippen LogP contribution is 2.29. The number of aryl methyl sites for hydroxylation is 1. The van der Waals surface area contributed by atoms with Crippen LogP contribution in [0.5, 0.6) is 0 Å². The second-order valence-corrected chi connectivity index (χ2v) is 9.83. The average molecular weight is 468 g/mol. The Balaban J connectivity index is 1.76. The Morgan fingerprint density at radius 2 is 2.00 bits per heavy atom. The largest absolute Gasteiger partial charge is 0.355 e. The van der Waals surface area contributed by atoms with Crippen molar-refractivity contribution in [2.45, 2.75) is 51.0 Å². The van der Waals surface area contributed by atoms with Gasteiger partial charge in [-0.3, -0.25) is 4.79 Å². The number of nitrogens with zero attached hydrogens (tertiary/aromatic N) is 2. The minimum Gasteiger partial charge on any atom is -0.355 e. The van der Waals surface area contributed by atoms with Gasteiger partial charge in [0.25, 0.3) is 0 Å². The van der Waals surface area contributed by atoms with Gasteiger partial charge in [0.2, 0.25) is 15.9 Å². The number of aromatic nitrogens is 1. The molecule has 1 aromatic heterocycles. The van der Waals surface area contributed by atoms with E-state index in [1.807, 2.05) is 13.8 Å². The third-order valence-corrected chi connectivity index (χ3v) is 7.69. The lowest BCUT2D eigenvalue weighted by Crippen LogP contribution is -2.44. The summed E-state index contributed by atoms with van der Waals surface area (Å²) >= 11 is 0. The number of sulfonamides is 1. The van der Waals surface area contributed by atoms with Crippen LogP contribution in [0.15, 0.2) is 27.6 Å². The maximum Gasteiger partial charge on any atom is 0.248 e. The van der Waals surface area contributed by atoms with Gasteiger partial charge in [-0.05, 0) is 57.4 Å². The number of halogens is 2. The van der Waals surface area contributed by atoms with E-state index in [2.05, 4.69) is 10.5 Å². The van der Waals surface area contributed by atoms with Crippen LogP contribution in [0.4, 0.5) is 8.78 Å². The van der Waals surface area contributed by atoms with E-state index in [1.165, 1.54) is 29.4 Å². The lowest BCUT2D eigenvalue weighted by atomic mass is 9.97. The molecule has 32 heavy (non-hydrogen) atoms. The summed E-state index contributed by atoms with van der Waals surface area (Å²) in [5, 5.41) is 6.71. The Bertz CT molecular complexity index is 1110. The first-order chi connectivity index (χ1) is 15.1. The number of benzene rings is 1. The predicted octanol–water partition coefficient (Wildman–Crippen LogP) is 3.75. The summed E-state index contributed by atoms with van der Waals surface area (Å²) < 4.78 is 60.0. The molecule has 0 radical (unpaired) electrons. The molecular weight excluding hydrogens is 440 g/mol. The fourth-order valence-electron chi connectivity index (χ4n) is 3.55. The number of carbonyl (C=O) groups excluding carboxylic acids is 1. The molecule has 3 rings (SSSR count). The van der Waals surface area contributed by atoms with Gasteiger partial charge in [0, 0.05) is 36.7 Å². The fourth-order valence-corrected chi connectivity index (χ4v) is 5.27. The highest BCUT2D eigenvalue weighted by molar-refractivity contribution is 7.89. The first-order valence-electron chi connectivity index (χ1n) is 10.5. The number of amides is 1. The predicted molar refractivity (Wildman–Crippen MR) is 116 cm³/mol. The molecule has 0 aliphatic carbocycles. The summed E-state index contributed by atoms with van der Waals surface area (Å²) in [6.07, 6.45) is 4.26. The Kier molecular flexibility index (Phi) is 7.45. The van der Waals surface area contributed by atoms with Crippen molar-refractivity contribution >= 4 is 28.1 Å². The van der Waals surface area contributed by atoms with Gasteiger partial charge in [0.1, 0.15) is 17.3 Å². The lowest BCUT2D eigenvalue weighted by molar-refractivity contribution is -0.126. The van der Waals surface area contributed by atoms with Crippen molar-refractivity contribution in [2.75, 3.05) is 13.1 Å². The van der Waals surface area contributed by atoms with Crippen molar-refractivity contribution < 1.29 is 26.5 Å². The van der Waals surface area contributed by atoms with E-state index < -0.39 is 21.7 Å². The van der Waals surface area contributed by atoms with Crippen LogP contribution in [0.3, 0.4) is 0 Å². The molecule has 2 aromatic rings. The maximum absolute atomic E-state index is 13.9. The molecule has 1 N–H and O–H groups in total.